The monoisotopic (exact) mass is 327 g/mol. The molecule has 1 atom stereocenters. The molecule has 1 unspecified atom stereocenters. The molecule has 1 aromatic carbocycles. The van der Waals surface area contributed by atoms with Gasteiger partial charge in [-0.2, -0.15) is 0 Å². The van der Waals surface area contributed by atoms with E-state index in [1.165, 1.54) is 5.56 Å². The Balaban J connectivity index is 0.00000441. The van der Waals surface area contributed by atoms with Gasteiger partial charge in [0.25, 0.3) is 0 Å². The van der Waals surface area contributed by atoms with Crippen molar-refractivity contribution >= 4 is 24.2 Å². The van der Waals surface area contributed by atoms with Gasteiger partial charge in [-0.15, -0.1) is 12.4 Å². The number of hydrogen-bond acceptors (Lipinski definition) is 3. The van der Waals surface area contributed by atoms with Crippen LogP contribution >= 0.6 is 12.4 Å². The van der Waals surface area contributed by atoms with Crippen LogP contribution in [0.1, 0.15) is 30.9 Å². The molecule has 1 aromatic rings. The number of nitrogens with two attached hydrogens (primary N) is 1. The molecule has 6 heteroatoms. The molecule has 0 radical (unpaired) electrons. The normalized spacial score (nSPS) is 11.2. The smallest absolute Gasteiger partial charge is 0.239 e. The second-order valence-corrected chi connectivity index (χ2v) is 5.38. The summed E-state index contributed by atoms with van der Waals surface area (Å²) in [7, 11) is 0. The van der Waals surface area contributed by atoms with E-state index in [2.05, 4.69) is 10.6 Å². The topological polar surface area (TPSA) is 84.2 Å². The van der Waals surface area contributed by atoms with Crippen LogP contribution in [0.15, 0.2) is 24.3 Å². The maximum absolute atomic E-state index is 11.7. The Hall–Kier alpha value is -1.59. The Bertz CT molecular complexity index is 461. The van der Waals surface area contributed by atoms with Crippen molar-refractivity contribution in [1.29, 1.82) is 0 Å². The van der Waals surface area contributed by atoms with Crippen molar-refractivity contribution in [2.45, 2.75) is 39.2 Å². The Morgan fingerprint density at radius 2 is 1.77 bits per heavy atom. The van der Waals surface area contributed by atoms with Crippen LogP contribution in [0.25, 0.3) is 0 Å². The number of benzene rings is 1. The van der Waals surface area contributed by atoms with E-state index in [0.717, 1.165) is 12.0 Å². The Kier molecular flexibility index (Phi) is 10.2. The highest BCUT2D eigenvalue weighted by atomic mass is 35.5. The van der Waals surface area contributed by atoms with Crippen molar-refractivity contribution in [3.8, 4) is 0 Å². The first-order valence-electron chi connectivity index (χ1n) is 7.32. The number of carbonyl (C=O) groups excluding carboxylic acids is 2. The van der Waals surface area contributed by atoms with Crippen molar-refractivity contribution in [2.75, 3.05) is 13.1 Å². The molecule has 0 aliphatic rings. The molecule has 0 fully saturated rings. The maximum Gasteiger partial charge on any atom is 0.239 e. The molecule has 124 valence electrons. The number of carbonyl (C=O) groups is 2. The molecule has 0 bridgehead atoms. The zero-order chi connectivity index (χ0) is 15.7. The summed E-state index contributed by atoms with van der Waals surface area (Å²) < 4.78 is 0. The highest BCUT2D eigenvalue weighted by molar-refractivity contribution is 5.85. The van der Waals surface area contributed by atoms with Crippen molar-refractivity contribution < 1.29 is 9.59 Å². The van der Waals surface area contributed by atoms with Crippen molar-refractivity contribution in [1.82, 2.24) is 10.6 Å². The third-order valence-corrected chi connectivity index (χ3v) is 3.13. The van der Waals surface area contributed by atoms with Gasteiger partial charge in [-0.05, 0) is 32.3 Å². The lowest BCUT2D eigenvalue weighted by atomic mass is 10.1. The minimum absolute atomic E-state index is 0. The number of hydrogen-bond donors (Lipinski definition) is 3. The largest absolute Gasteiger partial charge is 0.355 e. The molecule has 2 amide bonds. The number of nitrogens with one attached hydrogen (secondary N) is 2. The average molecular weight is 328 g/mol. The van der Waals surface area contributed by atoms with E-state index in [9.17, 15) is 9.59 Å². The summed E-state index contributed by atoms with van der Waals surface area (Å²) in [5.41, 5.74) is 7.91. The van der Waals surface area contributed by atoms with Crippen LogP contribution in [0.2, 0.25) is 0 Å². The fraction of sp³-hybridized carbons (Fsp3) is 0.500. The predicted octanol–water partition coefficient (Wildman–Crippen LogP) is 1.32. The molecule has 0 heterocycles. The Morgan fingerprint density at radius 3 is 2.36 bits per heavy atom. The lowest BCUT2D eigenvalue weighted by molar-refractivity contribution is -0.126. The van der Waals surface area contributed by atoms with Gasteiger partial charge >= 0.3 is 0 Å². The third-order valence-electron chi connectivity index (χ3n) is 3.13. The molecule has 0 aromatic heterocycles. The lowest BCUT2D eigenvalue weighted by Crippen LogP contribution is -2.38. The van der Waals surface area contributed by atoms with Crippen LogP contribution in [0.3, 0.4) is 0 Å². The van der Waals surface area contributed by atoms with E-state index < -0.39 is 0 Å². The van der Waals surface area contributed by atoms with E-state index in [1.54, 1.807) is 0 Å². The molecule has 5 nitrogen and oxygen atoms in total. The Labute approximate surface area is 138 Å². The first kappa shape index (κ1) is 20.4. The van der Waals surface area contributed by atoms with Gasteiger partial charge in [-0.25, -0.2) is 0 Å². The number of aryl methyl sites for hydroxylation is 2. The zero-order valence-electron chi connectivity index (χ0n) is 13.2. The summed E-state index contributed by atoms with van der Waals surface area (Å²) in [6, 6.07) is 8.15. The van der Waals surface area contributed by atoms with E-state index in [-0.39, 0.29) is 36.8 Å². The standard InChI is InChI=1S/C16H25N3O2.ClH/c1-12-3-5-14(6-4-12)7-8-15(20)19-11-16(21)18-10-9-13(2)17;/h3-6,13H,7-11,17H2,1-2H3,(H,18,21)(H,19,20);1H. The van der Waals surface area contributed by atoms with Gasteiger partial charge in [-0.1, -0.05) is 29.8 Å². The van der Waals surface area contributed by atoms with Crippen molar-refractivity contribution in [2.24, 2.45) is 5.73 Å². The van der Waals surface area contributed by atoms with Gasteiger partial charge in [0.05, 0.1) is 6.54 Å². The summed E-state index contributed by atoms with van der Waals surface area (Å²) in [6.07, 6.45) is 1.79. The third kappa shape index (κ3) is 9.37. The lowest BCUT2D eigenvalue weighted by Gasteiger charge is -2.08. The molecule has 0 saturated carbocycles. The number of amides is 2. The van der Waals surface area contributed by atoms with E-state index in [1.807, 2.05) is 38.1 Å². The second kappa shape index (κ2) is 11.0. The molecular weight excluding hydrogens is 302 g/mol. The van der Waals surface area contributed by atoms with Crippen molar-refractivity contribution in [3.63, 3.8) is 0 Å². The van der Waals surface area contributed by atoms with E-state index in [4.69, 9.17) is 5.73 Å². The predicted molar refractivity (Wildman–Crippen MR) is 91.0 cm³/mol. The maximum atomic E-state index is 11.7. The molecule has 4 N–H and O–H groups in total. The van der Waals surface area contributed by atoms with Gasteiger partial charge in [0.2, 0.25) is 11.8 Å². The minimum atomic E-state index is -0.181. The van der Waals surface area contributed by atoms with Crippen molar-refractivity contribution in [3.05, 3.63) is 35.4 Å². The van der Waals surface area contributed by atoms with Crippen LogP contribution in [0.5, 0.6) is 0 Å². The Morgan fingerprint density at radius 1 is 1.14 bits per heavy atom. The highest BCUT2D eigenvalue weighted by Crippen LogP contribution is 2.05. The number of rotatable bonds is 8. The highest BCUT2D eigenvalue weighted by Gasteiger charge is 2.06. The summed E-state index contributed by atoms with van der Waals surface area (Å²) in [6.45, 7) is 4.47. The SMILES string of the molecule is Cc1ccc(CCC(=O)NCC(=O)NCCC(C)N)cc1.Cl. The minimum Gasteiger partial charge on any atom is -0.355 e. The van der Waals surface area contributed by atoms with Crippen LogP contribution in [0.4, 0.5) is 0 Å². The van der Waals surface area contributed by atoms with Crippen LogP contribution in [0, 0.1) is 6.92 Å². The van der Waals surface area contributed by atoms with Gasteiger partial charge in [-0.3, -0.25) is 9.59 Å². The second-order valence-electron chi connectivity index (χ2n) is 5.38. The first-order valence-corrected chi connectivity index (χ1v) is 7.32. The number of halogens is 1. The van der Waals surface area contributed by atoms with Gasteiger partial charge in [0, 0.05) is 19.0 Å². The summed E-state index contributed by atoms with van der Waals surface area (Å²) in [5.74, 6) is -0.294. The fourth-order valence-corrected chi connectivity index (χ4v) is 1.78. The van der Waals surface area contributed by atoms with Gasteiger partial charge in [0.15, 0.2) is 0 Å². The molecule has 1 rings (SSSR count). The molecular formula is C16H26ClN3O2. The molecule has 0 spiro atoms. The van der Waals surface area contributed by atoms with E-state index >= 15 is 0 Å². The summed E-state index contributed by atoms with van der Waals surface area (Å²) >= 11 is 0. The molecule has 0 aliphatic heterocycles. The van der Waals surface area contributed by atoms with Gasteiger partial charge < -0.3 is 16.4 Å². The van der Waals surface area contributed by atoms with Gasteiger partial charge in [0.1, 0.15) is 0 Å². The zero-order valence-corrected chi connectivity index (χ0v) is 14.0. The van der Waals surface area contributed by atoms with Crippen LogP contribution in [-0.2, 0) is 16.0 Å². The quantitative estimate of drug-likeness (QED) is 0.673. The molecule has 0 aliphatic carbocycles. The summed E-state index contributed by atoms with van der Waals surface area (Å²) in [5, 5.41) is 5.34. The first-order chi connectivity index (χ1) is 9.97. The summed E-state index contributed by atoms with van der Waals surface area (Å²) in [4.78, 5) is 23.1. The van der Waals surface area contributed by atoms with E-state index in [0.29, 0.717) is 19.4 Å². The molecule has 0 saturated heterocycles. The average Bonchev–Trinajstić information content (AvgIpc) is 2.44. The van der Waals surface area contributed by atoms with Crippen LogP contribution in [-0.4, -0.2) is 30.9 Å². The molecule has 22 heavy (non-hydrogen) atoms. The fourth-order valence-electron chi connectivity index (χ4n) is 1.78. The van der Waals surface area contributed by atoms with Crippen LogP contribution < -0.4 is 16.4 Å².